The van der Waals surface area contributed by atoms with E-state index in [-0.39, 0.29) is 5.56 Å². The van der Waals surface area contributed by atoms with Gasteiger partial charge >= 0.3 is 0 Å². The third-order valence-corrected chi connectivity index (χ3v) is 6.51. The summed E-state index contributed by atoms with van der Waals surface area (Å²) in [6, 6.07) is 4.59. The van der Waals surface area contributed by atoms with Crippen molar-refractivity contribution in [3.63, 3.8) is 0 Å². The van der Waals surface area contributed by atoms with Crippen molar-refractivity contribution < 1.29 is 0 Å². The molecule has 1 atom stereocenters. The van der Waals surface area contributed by atoms with E-state index < -0.39 is 0 Å². The van der Waals surface area contributed by atoms with Crippen LogP contribution >= 0.6 is 11.3 Å². The summed E-state index contributed by atoms with van der Waals surface area (Å²) in [6.45, 7) is 1.75. The molecule has 4 heterocycles. The maximum absolute atomic E-state index is 12.6. The number of aryl methyl sites for hydroxylation is 2. The van der Waals surface area contributed by atoms with Crippen LogP contribution in [-0.2, 0) is 19.4 Å². The van der Waals surface area contributed by atoms with Crippen molar-refractivity contribution in [1.29, 1.82) is 0 Å². The third-order valence-electron chi connectivity index (χ3n) is 5.32. The van der Waals surface area contributed by atoms with E-state index in [1.807, 2.05) is 12.3 Å². The first-order chi connectivity index (χ1) is 11.8. The first-order valence-corrected chi connectivity index (χ1v) is 9.52. The van der Waals surface area contributed by atoms with Gasteiger partial charge in [-0.2, -0.15) is 0 Å². The second kappa shape index (κ2) is 5.57. The van der Waals surface area contributed by atoms with Gasteiger partial charge in [-0.3, -0.25) is 9.69 Å². The molecule has 0 aromatic carbocycles. The quantitative estimate of drug-likeness (QED) is 0.770. The van der Waals surface area contributed by atoms with E-state index in [0.717, 1.165) is 41.8 Å². The Bertz CT molecular complexity index is 940. The number of H-pyrrole nitrogens is 2. The Morgan fingerprint density at radius 3 is 3.17 bits per heavy atom. The summed E-state index contributed by atoms with van der Waals surface area (Å²) >= 11 is 1.72. The average Bonchev–Trinajstić information content (AvgIpc) is 3.30. The van der Waals surface area contributed by atoms with Gasteiger partial charge in [0, 0.05) is 16.8 Å². The van der Waals surface area contributed by atoms with Crippen molar-refractivity contribution in [2.75, 3.05) is 6.54 Å². The standard InChI is InChI=1S/C18H20N4OS/c23-17-16-11-4-1-7-14(11)24-18(16)21-15(20-17)10-22-9-3-6-13(22)12-5-2-8-19-12/h2,5,8,13,19H,1,3-4,6-7,9-10H2,(H,20,21,23)/t13-/m1/s1. The summed E-state index contributed by atoms with van der Waals surface area (Å²) in [7, 11) is 0. The van der Waals surface area contributed by atoms with Crippen molar-refractivity contribution in [3.8, 4) is 0 Å². The highest BCUT2D eigenvalue weighted by molar-refractivity contribution is 7.18. The molecular weight excluding hydrogens is 320 g/mol. The number of aromatic amines is 2. The molecular formula is C18H20N4OS. The number of thiophene rings is 1. The Labute approximate surface area is 143 Å². The van der Waals surface area contributed by atoms with Gasteiger partial charge in [-0.05, 0) is 56.3 Å². The molecule has 124 valence electrons. The van der Waals surface area contributed by atoms with Gasteiger partial charge in [0.1, 0.15) is 10.7 Å². The lowest BCUT2D eigenvalue weighted by molar-refractivity contribution is 0.239. The molecule has 0 spiro atoms. The fraction of sp³-hybridized carbons (Fsp3) is 0.444. The third kappa shape index (κ3) is 2.24. The molecule has 0 unspecified atom stereocenters. The van der Waals surface area contributed by atoms with E-state index in [0.29, 0.717) is 12.6 Å². The summed E-state index contributed by atoms with van der Waals surface area (Å²) in [6.07, 6.45) is 7.62. The van der Waals surface area contributed by atoms with Crippen molar-refractivity contribution in [2.24, 2.45) is 0 Å². The molecule has 0 saturated carbocycles. The van der Waals surface area contributed by atoms with Crippen LogP contribution in [0.25, 0.3) is 10.2 Å². The molecule has 0 amide bonds. The Hall–Kier alpha value is -1.92. The Morgan fingerprint density at radius 2 is 2.29 bits per heavy atom. The van der Waals surface area contributed by atoms with Crippen LogP contribution in [-0.4, -0.2) is 26.4 Å². The number of nitrogens with one attached hydrogen (secondary N) is 2. The molecule has 0 radical (unpaired) electrons. The Morgan fingerprint density at radius 1 is 1.33 bits per heavy atom. The maximum Gasteiger partial charge on any atom is 0.259 e. The van der Waals surface area contributed by atoms with Crippen molar-refractivity contribution in [2.45, 2.75) is 44.7 Å². The molecule has 5 nitrogen and oxygen atoms in total. The minimum absolute atomic E-state index is 0.0463. The minimum atomic E-state index is 0.0463. The van der Waals surface area contributed by atoms with Crippen LogP contribution in [0.5, 0.6) is 0 Å². The summed E-state index contributed by atoms with van der Waals surface area (Å²) in [5.74, 6) is 0.797. The summed E-state index contributed by atoms with van der Waals surface area (Å²) in [5, 5.41) is 0.846. The molecule has 1 fully saturated rings. The predicted octanol–water partition coefficient (Wildman–Crippen LogP) is 3.14. The molecule has 2 aliphatic rings. The Kier molecular flexibility index (Phi) is 3.35. The zero-order valence-electron chi connectivity index (χ0n) is 13.5. The smallest absolute Gasteiger partial charge is 0.259 e. The molecule has 0 bridgehead atoms. The van der Waals surface area contributed by atoms with Crippen molar-refractivity contribution >= 4 is 21.6 Å². The average molecular weight is 340 g/mol. The number of aromatic nitrogens is 3. The number of hydrogen-bond acceptors (Lipinski definition) is 4. The van der Waals surface area contributed by atoms with Crippen LogP contribution in [0.3, 0.4) is 0 Å². The number of rotatable bonds is 3. The highest BCUT2D eigenvalue weighted by Crippen LogP contribution is 2.35. The zero-order chi connectivity index (χ0) is 16.1. The van der Waals surface area contributed by atoms with E-state index in [2.05, 4.69) is 20.9 Å². The van der Waals surface area contributed by atoms with E-state index in [9.17, 15) is 4.79 Å². The second-order valence-electron chi connectivity index (χ2n) is 6.80. The normalized spacial score (nSPS) is 20.9. The molecule has 3 aromatic rings. The lowest BCUT2D eigenvalue weighted by atomic mass is 10.1. The van der Waals surface area contributed by atoms with Crippen molar-refractivity contribution in [3.05, 3.63) is 50.6 Å². The van der Waals surface area contributed by atoms with Gasteiger partial charge in [0.25, 0.3) is 5.56 Å². The van der Waals surface area contributed by atoms with Crippen LogP contribution in [0.1, 0.15) is 47.3 Å². The molecule has 1 aliphatic heterocycles. The molecule has 24 heavy (non-hydrogen) atoms. The van der Waals surface area contributed by atoms with E-state index >= 15 is 0 Å². The van der Waals surface area contributed by atoms with E-state index in [1.54, 1.807) is 11.3 Å². The lowest BCUT2D eigenvalue weighted by Gasteiger charge is -2.23. The molecule has 3 aromatic heterocycles. The fourth-order valence-electron chi connectivity index (χ4n) is 4.23. The monoisotopic (exact) mass is 340 g/mol. The van der Waals surface area contributed by atoms with Gasteiger partial charge in [0.15, 0.2) is 0 Å². The van der Waals surface area contributed by atoms with Crippen LogP contribution in [0.2, 0.25) is 0 Å². The maximum atomic E-state index is 12.6. The van der Waals surface area contributed by atoms with Gasteiger partial charge in [0.2, 0.25) is 0 Å². The highest BCUT2D eigenvalue weighted by atomic mass is 32.1. The summed E-state index contributed by atoms with van der Waals surface area (Å²) in [4.78, 5) is 28.5. The van der Waals surface area contributed by atoms with Gasteiger partial charge < -0.3 is 9.97 Å². The number of nitrogens with zero attached hydrogens (tertiary/aromatic N) is 2. The van der Waals surface area contributed by atoms with Crippen LogP contribution in [0.4, 0.5) is 0 Å². The molecule has 2 N–H and O–H groups in total. The molecule has 1 saturated heterocycles. The first-order valence-electron chi connectivity index (χ1n) is 8.70. The predicted molar refractivity (Wildman–Crippen MR) is 95.4 cm³/mol. The lowest BCUT2D eigenvalue weighted by Crippen LogP contribution is -2.25. The van der Waals surface area contributed by atoms with E-state index in [1.165, 1.54) is 29.0 Å². The molecule has 6 heteroatoms. The fourth-order valence-corrected chi connectivity index (χ4v) is 5.51. The molecule has 1 aliphatic carbocycles. The zero-order valence-corrected chi connectivity index (χ0v) is 14.3. The van der Waals surface area contributed by atoms with Gasteiger partial charge in [-0.25, -0.2) is 4.98 Å². The minimum Gasteiger partial charge on any atom is -0.364 e. The largest absolute Gasteiger partial charge is 0.364 e. The Balaban J connectivity index is 1.48. The van der Waals surface area contributed by atoms with Crippen molar-refractivity contribution in [1.82, 2.24) is 19.9 Å². The SMILES string of the molecule is O=c1[nH]c(CN2CCC[C@@H]2c2ccc[nH]2)nc2sc3c(c12)CCC3. The number of fused-ring (bicyclic) bond motifs is 3. The van der Waals surface area contributed by atoms with E-state index in [4.69, 9.17) is 4.98 Å². The van der Waals surface area contributed by atoms with Crippen LogP contribution in [0, 0.1) is 0 Å². The summed E-state index contributed by atoms with van der Waals surface area (Å²) < 4.78 is 0. The second-order valence-corrected chi connectivity index (χ2v) is 7.89. The number of hydrogen-bond donors (Lipinski definition) is 2. The van der Waals surface area contributed by atoms with Crippen LogP contribution in [0.15, 0.2) is 23.1 Å². The topological polar surface area (TPSA) is 64.8 Å². The number of likely N-dealkylation sites (tertiary alicyclic amines) is 1. The first kappa shape index (κ1) is 14.4. The van der Waals surface area contributed by atoms with Crippen LogP contribution < -0.4 is 5.56 Å². The molecule has 5 rings (SSSR count). The highest BCUT2D eigenvalue weighted by Gasteiger charge is 2.28. The van der Waals surface area contributed by atoms with Gasteiger partial charge in [-0.1, -0.05) is 0 Å². The van der Waals surface area contributed by atoms with Gasteiger partial charge in [0.05, 0.1) is 18.0 Å². The van der Waals surface area contributed by atoms with Gasteiger partial charge in [-0.15, -0.1) is 11.3 Å². The summed E-state index contributed by atoms with van der Waals surface area (Å²) in [5.41, 5.74) is 2.55.